The van der Waals surface area contributed by atoms with Crippen molar-refractivity contribution in [2.75, 3.05) is 5.32 Å². The Kier molecular flexibility index (Phi) is 3.76. The second-order valence-electron chi connectivity index (χ2n) is 4.27. The maximum Gasteiger partial charge on any atom is 0.291 e. The van der Waals surface area contributed by atoms with Crippen molar-refractivity contribution in [3.05, 3.63) is 56.5 Å². The van der Waals surface area contributed by atoms with E-state index in [4.69, 9.17) is 16.0 Å². The number of nitrogens with one attached hydrogen (secondary N) is 1. The molecule has 20 heavy (non-hydrogen) atoms. The Morgan fingerprint density at radius 2 is 2.00 bits per heavy atom. The van der Waals surface area contributed by atoms with Gasteiger partial charge in [0.2, 0.25) is 0 Å². The Hall–Kier alpha value is -2.34. The molecule has 6 nitrogen and oxygen atoms in total. The number of hydrogen-bond acceptors (Lipinski definition) is 4. The molecule has 1 aromatic carbocycles. The summed E-state index contributed by atoms with van der Waals surface area (Å²) in [5.74, 6) is -0.390. The van der Waals surface area contributed by atoms with Gasteiger partial charge in [0.05, 0.1) is 4.92 Å². The van der Waals surface area contributed by atoms with Gasteiger partial charge in [0.1, 0.15) is 0 Å². The van der Waals surface area contributed by atoms with E-state index in [1.807, 2.05) is 0 Å². The zero-order valence-corrected chi connectivity index (χ0v) is 11.5. The summed E-state index contributed by atoms with van der Waals surface area (Å²) >= 11 is 5.60. The van der Waals surface area contributed by atoms with E-state index in [-0.39, 0.29) is 16.7 Å². The first-order valence-electron chi connectivity index (χ1n) is 5.71. The van der Waals surface area contributed by atoms with Gasteiger partial charge in [0, 0.05) is 17.3 Å². The van der Waals surface area contributed by atoms with Crippen molar-refractivity contribution in [1.82, 2.24) is 0 Å². The first-order chi connectivity index (χ1) is 9.38. The van der Waals surface area contributed by atoms with Crippen LogP contribution in [-0.2, 0) is 0 Å². The van der Waals surface area contributed by atoms with Crippen LogP contribution in [0, 0.1) is 24.0 Å². The van der Waals surface area contributed by atoms with Gasteiger partial charge in [-0.2, -0.15) is 0 Å². The molecule has 1 aromatic heterocycles. The lowest BCUT2D eigenvalue weighted by Gasteiger charge is -2.08. The Balaban J connectivity index is 2.28. The molecule has 0 aliphatic carbocycles. The van der Waals surface area contributed by atoms with E-state index in [2.05, 4.69) is 5.32 Å². The molecule has 1 amide bonds. The zero-order chi connectivity index (χ0) is 14.9. The molecule has 0 aliphatic heterocycles. The Morgan fingerprint density at radius 1 is 1.30 bits per heavy atom. The number of hydrogen-bond donors (Lipinski definition) is 1. The summed E-state index contributed by atoms with van der Waals surface area (Å²) in [5.41, 5.74) is 1.56. The average Bonchev–Trinajstić information content (AvgIpc) is 2.79. The lowest BCUT2D eigenvalue weighted by Crippen LogP contribution is -2.12. The van der Waals surface area contributed by atoms with Crippen LogP contribution in [0.3, 0.4) is 0 Å². The highest BCUT2D eigenvalue weighted by Gasteiger charge is 2.16. The van der Waals surface area contributed by atoms with E-state index in [1.165, 1.54) is 18.2 Å². The summed E-state index contributed by atoms with van der Waals surface area (Å²) in [5, 5.41) is 13.6. The highest BCUT2D eigenvalue weighted by atomic mass is 35.5. The van der Waals surface area contributed by atoms with Crippen LogP contribution >= 0.6 is 11.6 Å². The van der Waals surface area contributed by atoms with Crippen LogP contribution < -0.4 is 5.32 Å². The van der Waals surface area contributed by atoms with Crippen LogP contribution in [0.15, 0.2) is 28.7 Å². The summed E-state index contributed by atoms with van der Waals surface area (Å²) in [7, 11) is 0. The third-order valence-corrected chi connectivity index (χ3v) is 2.99. The number of anilines is 1. The summed E-state index contributed by atoms with van der Waals surface area (Å²) in [6, 6.07) is 5.88. The number of halogens is 1. The minimum atomic E-state index is -0.465. The largest absolute Gasteiger partial charge is 0.440 e. The van der Waals surface area contributed by atoms with Gasteiger partial charge in [-0.05, 0) is 49.2 Å². The Labute approximate surface area is 119 Å². The summed E-state index contributed by atoms with van der Waals surface area (Å²) < 4.78 is 4.99. The SMILES string of the molecule is Cc1cc([N+](=O)[O-])c(C)cc1NC(=O)c1ccc(Cl)o1. The van der Waals surface area contributed by atoms with Gasteiger partial charge in [-0.25, -0.2) is 0 Å². The maximum atomic E-state index is 11.9. The molecular formula is C13H11ClN2O4. The third-order valence-electron chi connectivity index (χ3n) is 2.78. The van der Waals surface area contributed by atoms with E-state index < -0.39 is 10.8 Å². The average molecular weight is 295 g/mol. The molecule has 0 saturated heterocycles. The molecule has 0 bridgehead atoms. The predicted molar refractivity (Wildman–Crippen MR) is 74.2 cm³/mol. The normalized spacial score (nSPS) is 10.3. The van der Waals surface area contributed by atoms with Crippen LogP contribution in [0.1, 0.15) is 21.7 Å². The number of carbonyl (C=O) groups excluding carboxylic acids is 1. The molecule has 0 radical (unpaired) electrons. The lowest BCUT2D eigenvalue weighted by atomic mass is 10.1. The molecule has 0 unspecified atom stereocenters. The van der Waals surface area contributed by atoms with Gasteiger partial charge >= 0.3 is 0 Å². The molecular weight excluding hydrogens is 284 g/mol. The topological polar surface area (TPSA) is 85.4 Å². The smallest absolute Gasteiger partial charge is 0.291 e. The van der Waals surface area contributed by atoms with Crippen LogP contribution in [0.25, 0.3) is 0 Å². The number of nitrogens with zero attached hydrogens (tertiary/aromatic N) is 1. The minimum absolute atomic E-state index is 0.0153. The van der Waals surface area contributed by atoms with Crippen molar-refractivity contribution in [2.45, 2.75) is 13.8 Å². The lowest BCUT2D eigenvalue weighted by molar-refractivity contribution is -0.385. The Morgan fingerprint density at radius 3 is 2.55 bits per heavy atom. The van der Waals surface area contributed by atoms with E-state index >= 15 is 0 Å². The van der Waals surface area contributed by atoms with Crippen molar-refractivity contribution < 1.29 is 14.1 Å². The van der Waals surface area contributed by atoms with E-state index in [9.17, 15) is 14.9 Å². The van der Waals surface area contributed by atoms with Gasteiger partial charge in [-0.3, -0.25) is 14.9 Å². The first-order valence-corrected chi connectivity index (χ1v) is 6.08. The second kappa shape index (κ2) is 5.34. The number of furan rings is 1. The standard InChI is InChI=1S/C13H11ClN2O4/c1-7-6-10(16(18)19)8(2)5-9(7)15-13(17)11-3-4-12(14)20-11/h3-6H,1-2H3,(H,15,17). The number of nitro groups is 1. The summed E-state index contributed by atoms with van der Waals surface area (Å²) in [4.78, 5) is 22.3. The van der Waals surface area contributed by atoms with Gasteiger partial charge in [-0.15, -0.1) is 0 Å². The molecule has 0 atom stereocenters. The van der Waals surface area contributed by atoms with Gasteiger partial charge < -0.3 is 9.73 Å². The van der Waals surface area contributed by atoms with Crippen LogP contribution in [0.2, 0.25) is 5.22 Å². The van der Waals surface area contributed by atoms with Gasteiger partial charge in [0.25, 0.3) is 11.6 Å². The zero-order valence-electron chi connectivity index (χ0n) is 10.8. The van der Waals surface area contributed by atoms with Crippen LogP contribution in [0.4, 0.5) is 11.4 Å². The van der Waals surface area contributed by atoms with E-state index in [1.54, 1.807) is 19.9 Å². The van der Waals surface area contributed by atoms with Crippen molar-refractivity contribution >= 4 is 28.9 Å². The molecule has 0 saturated carbocycles. The highest BCUT2D eigenvalue weighted by molar-refractivity contribution is 6.29. The quantitative estimate of drug-likeness (QED) is 0.690. The maximum absolute atomic E-state index is 11.9. The van der Waals surface area contributed by atoms with Gasteiger partial charge in [-0.1, -0.05) is 0 Å². The van der Waals surface area contributed by atoms with Crippen molar-refractivity contribution in [2.24, 2.45) is 0 Å². The number of amides is 1. The first kappa shape index (κ1) is 14.1. The highest BCUT2D eigenvalue weighted by Crippen LogP contribution is 2.26. The van der Waals surface area contributed by atoms with Crippen LogP contribution in [0.5, 0.6) is 0 Å². The van der Waals surface area contributed by atoms with E-state index in [0.29, 0.717) is 16.8 Å². The molecule has 0 aliphatic rings. The fourth-order valence-corrected chi connectivity index (χ4v) is 1.90. The number of benzene rings is 1. The Bertz CT molecular complexity index is 694. The molecule has 0 fully saturated rings. The molecule has 2 aromatic rings. The van der Waals surface area contributed by atoms with E-state index in [0.717, 1.165) is 0 Å². The molecule has 104 valence electrons. The van der Waals surface area contributed by atoms with Crippen molar-refractivity contribution in [3.63, 3.8) is 0 Å². The third kappa shape index (κ3) is 2.80. The molecule has 1 heterocycles. The molecule has 0 spiro atoms. The number of nitro benzene ring substituents is 1. The number of rotatable bonds is 3. The van der Waals surface area contributed by atoms with Crippen molar-refractivity contribution in [3.8, 4) is 0 Å². The second-order valence-corrected chi connectivity index (χ2v) is 4.64. The summed E-state index contributed by atoms with van der Waals surface area (Å²) in [6.07, 6.45) is 0. The molecule has 7 heteroatoms. The van der Waals surface area contributed by atoms with Gasteiger partial charge in [0.15, 0.2) is 11.0 Å². The fraction of sp³-hybridized carbons (Fsp3) is 0.154. The predicted octanol–water partition coefficient (Wildman–Crippen LogP) is 3.71. The van der Waals surface area contributed by atoms with Crippen molar-refractivity contribution in [1.29, 1.82) is 0 Å². The van der Waals surface area contributed by atoms with Crippen LogP contribution in [-0.4, -0.2) is 10.8 Å². The molecule has 2 rings (SSSR count). The monoisotopic (exact) mass is 294 g/mol. The number of aryl methyl sites for hydroxylation is 2. The minimum Gasteiger partial charge on any atom is -0.440 e. The fourth-order valence-electron chi connectivity index (χ4n) is 1.75. The molecule has 1 N–H and O–H groups in total. The number of carbonyl (C=O) groups is 1. The summed E-state index contributed by atoms with van der Waals surface area (Å²) in [6.45, 7) is 3.29.